The molecule has 2 aromatic heterocycles. The van der Waals surface area contributed by atoms with Crippen molar-refractivity contribution in [3.63, 3.8) is 0 Å². The van der Waals surface area contributed by atoms with Crippen molar-refractivity contribution in [2.75, 3.05) is 0 Å². The first-order valence-electron chi connectivity index (χ1n) is 6.31. The van der Waals surface area contributed by atoms with Gasteiger partial charge in [-0.15, -0.1) is 11.3 Å². The number of amides is 1. The van der Waals surface area contributed by atoms with E-state index in [1.54, 1.807) is 16.8 Å². The Morgan fingerprint density at radius 1 is 1.33 bits per heavy atom. The van der Waals surface area contributed by atoms with Crippen LogP contribution < -0.4 is 4.80 Å². The second-order valence-electron chi connectivity index (χ2n) is 4.36. The third-order valence-electron chi connectivity index (χ3n) is 2.83. The first-order chi connectivity index (χ1) is 10.2. The first-order valence-corrected chi connectivity index (χ1v) is 7.19. The normalized spacial score (nSPS) is 12.3. The van der Waals surface area contributed by atoms with Crippen LogP contribution in [-0.2, 0) is 11.8 Å². The highest BCUT2D eigenvalue weighted by atomic mass is 32.1. The van der Waals surface area contributed by atoms with Crippen molar-refractivity contribution >= 4 is 34.4 Å². The van der Waals surface area contributed by atoms with Gasteiger partial charge in [0.1, 0.15) is 0 Å². The fraction of sp³-hybridized carbons (Fsp3) is 0.0667. The van der Waals surface area contributed by atoms with E-state index in [0.717, 1.165) is 11.0 Å². The van der Waals surface area contributed by atoms with E-state index in [9.17, 15) is 4.79 Å². The van der Waals surface area contributed by atoms with Gasteiger partial charge in [-0.3, -0.25) is 9.78 Å². The summed E-state index contributed by atoms with van der Waals surface area (Å²) in [4.78, 5) is 25.2. The minimum absolute atomic E-state index is 0.317. The van der Waals surface area contributed by atoms with E-state index in [2.05, 4.69) is 15.0 Å². The van der Waals surface area contributed by atoms with Crippen molar-refractivity contribution in [1.29, 1.82) is 0 Å². The molecule has 0 N–H and O–H groups in total. The number of nitrogens with zero attached hydrogens (tertiary/aromatic N) is 4. The van der Waals surface area contributed by atoms with Gasteiger partial charge in [-0.2, -0.15) is 4.99 Å². The van der Waals surface area contributed by atoms with Gasteiger partial charge in [0.15, 0.2) is 4.80 Å². The molecule has 3 aromatic rings. The van der Waals surface area contributed by atoms with Crippen LogP contribution in [0.3, 0.4) is 0 Å². The molecular formula is C15H12N4OS. The quantitative estimate of drug-likeness (QED) is 0.681. The zero-order valence-corrected chi connectivity index (χ0v) is 12.1. The van der Waals surface area contributed by atoms with Gasteiger partial charge in [-0.05, 0) is 18.2 Å². The first kappa shape index (κ1) is 13.4. The molecule has 0 atom stereocenters. The van der Waals surface area contributed by atoms with Crippen LogP contribution in [0.4, 0.5) is 0 Å². The van der Waals surface area contributed by atoms with Crippen LogP contribution in [0.5, 0.6) is 0 Å². The number of aryl methyl sites for hydroxylation is 1. The van der Waals surface area contributed by atoms with Crippen molar-refractivity contribution in [2.45, 2.75) is 0 Å². The molecule has 0 aliphatic carbocycles. The summed E-state index contributed by atoms with van der Waals surface area (Å²) >= 11 is 1.42. The molecule has 21 heavy (non-hydrogen) atoms. The molecule has 0 aliphatic heterocycles. The zero-order chi connectivity index (χ0) is 14.7. The molecule has 3 rings (SSSR count). The van der Waals surface area contributed by atoms with Gasteiger partial charge in [-0.25, -0.2) is 4.98 Å². The Balaban J connectivity index is 1.84. The number of rotatable bonds is 2. The maximum Gasteiger partial charge on any atom is 0.272 e. The van der Waals surface area contributed by atoms with E-state index in [4.69, 9.17) is 0 Å². The van der Waals surface area contributed by atoms with E-state index < -0.39 is 0 Å². The van der Waals surface area contributed by atoms with E-state index in [1.807, 2.05) is 42.9 Å². The van der Waals surface area contributed by atoms with E-state index >= 15 is 0 Å². The van der Waals surface area contributed by atoms with E-state index in [-0.39, 0.29) is 5.91 Å². The molecule has 0 fully saturated rings. The highest BCUT2D eigenvalue weighted by Gasteiger charge is 1.98. The van der Waals surface area contributed by atoms with Gasteiger partial charge >= 0.3 is 0 Å². The highest BCUT2D eigenvalue weighted by Crippen LogP contribution is 2.09. The monoisotopic (exact) mass is 296 g/mol. The molecular weight excluding hydrogens is 284 g/mol. The molecule has 1 aromatic carbocycles. The standard InChI is InChI=1S/C15H12N4OS/c1-19-8-9-21-15(19)18-14(20)7-6-11-10-16-12-4-2-3-5-13(12)17-11/h2-10H,1H3/b7-6+,18-15?. The topological polar surface area (TPSA) is 60.1 Å². The van der Waals surface area contributed by atoms with Crippen LogP contribution in [0.25, 0.3) is 17.1 Å². The van der Waals surface area contributed by atoms with E-state index in [1.165, 1.54) is 17.4 Å². The number of carbonyl (C=O) groups is 1. The molecule has 0 aliphatic rings. The van der Waals surface area contributed by atoms with Gasteiger partial charge in [0.25, 0.3) is 5.91 Å². The molecule has 104 valence electrons. The lowest BCUT2D eigenvalue weighted by molar-refractivity contribution is -0.113. The van der Waals surface area contributed by atoms with Gasteiger partial charge in [-0.1, -0.05) is 12.1 Å². The molecule has 0 radical (unpaired) electrons. The second kappa shape index (κ2) is 5.80. The Morgan fingerprint density at radius 3 is 2.90 bits per heavy atom. The van der Waals surface area contributed by atoms with Gasteiger partial charge in [0.05, 0.1) is 22.9 Å². The molecule has 2 heterocycles. The minimum Gasteiger partial charge on any atom is -0.327 e. The SMILES string of the molecule is Cn1ccsc1=NC(=O)/C=C/c1cnc2ccccc2n1. The lowest BCUT2D eigenvalue weighted by Gasteiger charge is -1.96. The van der Waals surface area contributed by atoms with Crippen molar-refractivity contribution in [1.82, 2.24) is 14.5 Å². The summed E-state index contributed by atoms with van der Waals surface area (Å²) in [6.45, 7) is 0. The summed E-state index contributed by atoms with van der Waals surface area (Å²) in [6.07, 6.45) is 6.52. The number of aromatic nitrogens is 3. The number of carbonyl (C=O) groups excluding carboxylic acids is 1. The van der Waals surface area contributed by atoms with Crippen molar-refractivity contribution in [3.05, 3.63) is 58.6 Å². The Hall–Kier alpha value is -2.60. The van der Waals surface area contributed by atoms with Gasteiger partial charge in [0, 0.05) is 24.7 Å². The molecule has 0 saturated heterocycles. The summed E-state index contributed by atoms with van der Waals surface area (Å²) in [5.41, 5.74) is 2.26. The fourth-order valence-electron chi connectivity index (χ4n) is 1.77. The summed E-state index contributed by atoms with van der Waals surface area (Å²) in [5, 5.41) is 1.88. The summed E-state index contributed by atoms with van der Waals surface area (Å²) in [5.74, 6) is -0.317. The number of hydrogen-bond donors (Lipinski definition) is 0. The van der Waals surface area contributed by atoms with Crippen LogP contribution >= 0.6 is 11.3 Å². The molecule has 0 saturated carbocycles. The average molecular weight is 296 g/mol. The molecule has 0 unspecified atom stereocenters. The second-order valence-corrected chi connectivity index (χ2v) is 5.24. The van der Waals surface area contributed by atoms with Crippen LogP contribution in [0, 0.1) is 0 Å². The number of para-hydroxylation sites is 2. The van der Waals surface area contributed by atoms with Crippen LogP contribution in [0.1, 0.15) is 5.69 Å². The number of fused-ring (bicyclic) bond motifs is 1. The molecule has 6 heteroatoms. The van der Waals surface area contributed by atoms with Crippen LogP contribution in [0.15, 0.2) is 53.1 Å². The predicted molar refractivity (Wildman–Crippen MR) is 82.4 cm³/mol. The Bertz CT molecular complexity index is 892. The lowest BCUT2D eigenvalue weighted by atomic mass is 10.3. The highest BCUT2D eigenvalue weighted by molar-refractivity contribution is 7.07. The largest absolute Gasteiger partial charge is 0.327 e. The maximum atomic E-state index is 11.8. The third-order valence-corrected chi connectivity index (χ3v) is 3.68. The summed E-state index contributed by atoms with van der Waals surface area (Å²) < 4.78 is 1.80. The summed E-state index contributed by atoms with van der Waals surface area (Å²) in [7, 11) is 1.85. The van der Waals surface area contributed by atoms with Crippen molar-refractivity contribution in [3.8, 4) is 0 Å². The average Bonchev–Trinajstić information content (AvgIpc) is 2.90. The number of hydrogen-bond acceptors (Lipinski definition) is 4. The smallest absolute Gasteiger partial charge is 0.272 e. The minimum atomic E-state index is -0.317. The fourth-order valence-corrected chi connectivity index (χ4v) is 2.51. The number of thiazole rings is 1. The van der Waals surface area contributed by atoms with Crippen molar-refractivity contribution < 1.29 is 4.79 Å². The molecule has 5 nitrogen and oxygen atoms in total. The third kappa shape index (κ3) is 3.11. The molecule has 1 amide bonds. The lowest BCUT2D eigenvalue weighted by Crippen LogP contribution is -2.11. The van der Waals surface area contributed by atoms with Gasteiger partial charge in [0.2, 0.25) is 0 Å². The van der Waals surface area contributed by atoms with Crippen molar-refractivity contribution in [2.24, 2.45) is 12.0 Å². The predicted octanol–water partition coefficient (Wildman–Crippen LogP) is 2.17. The maximum absolute atomic E-state index is 11.8. The Labute approximate surface area is 125 Å². The molecule has 0 bridgehead atoms. The summed E-state index contributed by atoms with van der Waals surface area (Å²) in [6, 6.07) is 7.60. The van der Waals surface area contributed by atoms with Gasteiger partial charge < -0.3 is 4.57 Å². The van der Waals surface area contributed by atoms with Crippen LogP contribution in [-0.4, -0.2) is 20.4 Å². The number of benzene rings is 1. The molecule has 0 spiro atoms. The zero-order valence-electron chi connectivity index (χ0n) is 11.3. The Kier molecular flexibility index (Phi) is 3.70. The Morgan fingerprint density at radius 2 is 2.14 bits per heavy atom. The van der Waals surface area contributed by atoms with Crippen LogP contribution in [0.2, 0.25) is 0 Å². The van der Waals surface area contributed by atoms with E-state index in [0.29, 0.717) is 10.5 Å².